The zero-order valence-corrected chi connectivity index (χ0v) is 14.4. The number of benzene rings is 1. The zero-order chi connectivity index (χ0) is 14.9. The van der Waals surface area contributed by atoms with Crippen LogP contribution in [-0.4, -0.2) is 21.5 Å². The van der Waals surface area contributed by atoms with Crippen molar-refractivity contribution in [2.45, 2.75) is 44.2 Å². The Morgan fingerprint density at radius 1 is 1.35 bits per heavy atom. The van der Waals surface area contributed by atoms with Crippen molar-refractivity contribution in [2.24, 2.45) is 5.92 Å². The van der Waals surface area contributed by atoms with Crippen molar-refractivity contribution in [3.8, 4) is 0 Å². The molecule has 0 saturated heterocycles. The number of halogens is 1. The van der Waals surface area contributed by atoms with Crippen LogP contribution in [0.1, 0.15) is 30.9 Å². The molecule has 20 heavy (non-hydrogen) atoms. The van der Waals surface area contributed by atoms with E-state index in [2.05, 4.69) is 32.9 Å². The summed E-state index contributed by atoms with van der Waals surface area (Å²) in [5.41, 5.74) is 1.90. The second kappa shape index (κ2) is 6.13. The Morgan fingerprint density at radius 2 is 2.00 bits per heavy atom. The molecule has 112 valence electrons. The highest BCUT2D eigenvalue weighted by Gasteiger charge is 2.31. The van der Waals surface area contributed by atoms with Crippen molar-refractivity contribution in [2.75, 3.05) is 7.05 Å². The molecule has 0 aromatic heterocycles. The molecule has 0 amide bonds. The molecular formula is C14H21BrN2O2S. The minimum absolute atomic E-state index is 0.0789. The van der Waals surface area contributed by atoms with Gasteiger partial charge in [-0.2, -0.15) is 0 Å². The Bertz CT molecular complexity index is 595. The van der Waals surface area contributed by atoms with Crippen molar-refractivity contribution in [1.29, 1.82) is 0 Å². The first-order chi connectivity index (χ1) is 9.33. The van der Waals surface area contributed by atoms with Gasteiger partial charge >= 0.3 is 0 Å². The molecule has 0 radical (unpaired) electrons. The molecule has 1 aliphatic carbocycles. The molecule has 0 atom stereocenters. The third-order valence-electron chi connectivity index (χ3n) is 3.65. The van der Waals surface area contributed by atoms with Gasteiger partial charge in [-0.3, -0.25) is 0 Å². The predicted octanol–water partition coefficient (Wildman–Crippen LogP) is 2.55. The number of hydrogen-bond acceptors (Lipinski definition) is 3. The van der Waals surface area contributed by atoms with Crippen LogP contribution in [0.5, 0.6) is 0 Å². The van der Waals surface area contributed by atoms with Gasteiger partial charge in [-0.25, -0.2) is 13.1 Å². The standard InChI is InChI=1S/C14H21BrN2O2S/c1-9-4-12(5-9)17-20(18,19)13-7-11(8-16-3)6-10(2)14(13)15/h6-7,9,12,16-17H,4-5,8H2,1-3H3. The Balaban J connectivity index is 2.30. The second-order valence-corrected chi connectivity index (χ2v) is 8.13. The van der Waals surface area contributed by atoms with Gasteiger partial charge in [0.2, 0.25) is 10.0 Å². The molecule has 2 rings (SSSR count). The first-order valence-electron chi connectivity index (χ1n) is 6.79. The number of nitrogens with one attached hydrogen (secondary N) is 2. The van der Waals surface area contributed by atoms with Gasteiger partial charge in [0.25, 0.3) is 0 Å². The van der Waals surface area contributed by atoms with E-state index in [0.29, 0.717) is 21.8 Å². The highest BCUT2D eigenvalue weighted by Crippen LogP contribution is 2.31. The highest BCUT2D eigenvalue weighted by molar-refractivity contribution is 9.10. The number of rotatable bonds is 5. The van der Waals surface area contributed by atoms with Gasteiger partial charge in [-0.15, -0.1) is 0 Å². The molecule has 0 bridgehead atoms. The molecule has 1 fully saturated rings. The Kier molecular flexibility index (Phi) is 4.89. The monoisotopic (exact) mass is 360 g/mol. The largest absolute Gasteiger partial charge is 0.316 e. The van der Waals surface area contributed by atoms with E-state index in [0.717, 1.165) is 24.0 Å². The Morgan fingerprint density at radius 3 is 2.55 bits per heavy atom. The lowest BCUT2D eigenvalue weighted by atomic mass is 9.83. The van der Waals surface area contributed by atoms with E-state index in [1.54, 1.807) is 6.07 Å². The first kappa shape index (κ1) is 15.9. The minimum Gasteiger partial charge on any atom is -0.316 e. The summed E-state index contributed by atoms with van der Waals surface area (Å²) in [6.07, 6.45) is 1.85. The molecule has 4 nitrogen and oxygen atoms in total. The van der Waals surface area contributed by atoms with Gasteiger partial charge in [0.15, 0.2) is 0 Å². The first-order valence-corrected chi connectivity index (χ1v) is 9.07. The van der Waals surface area contributed by atoms with Crippen molar-refractivity contribution in [1.82, 2.24) is 10.0 Å². The van der Waals surface area contributed by atoms with Crippen LogP contribution >= 0.6 is 15.9 Å². The lowest BCUT2D eigenvalue weighted by Crippen LogP contribution is -2.43. The van der Waals surface area contributed by atoms with Crippen LogP contribution in [0.3, 0.4) is 0 Å². The van der Waals surface area contributed by atoms with E-state index < -0.39 is 10.0 Å². The average Bonchev–Trinajstić information content (AvgIpc) is 2.31. The second-order valence-electron chi connectivity index (χ2n) is 5.65. The molecular weight excluding hydrogens is 340 g/mol. The normalized spacial score (nSPS) is 22.6. The Hall–Kier alpha value is -0.430. The van der Waals surface area contributed by atoms with Crippen molar-refractivity contribution < 1.29 is 8.42 Å². The van der Waals surface area contributed by atoms with E-state index in [4.69, 9.17) is 0 Å². The summed E-state index contributed by atoms with van der Waals surface area (Å²) in [6, 6.07) is 3.80. The van der Waals surface area contributed by atoms with E-state index in [1.807, 2.05) is 20.0 Å². The third-order valence-corrected chi connectivity index (χ3v) is 6.51. The third kappa shape index (κ3) is 3.42. The number of hydrogen-bond donors (Lipinski definition) is 2. The van der Waals surface area contributed by atoms with E-state index in [9.17, 15) is 8.42 Å². The average molecular weight is 361 g/mol. The van der Waals surface area contributed by atoms with Crippen LogP contribution < -0.4 is 10.0 Å². The Labute approximate surface area is 129 Å². The maximum absolute atomic E-state index is 12.5. The summed E-state index contributed by atoms with van der Waals surface area (Å²) in [7, 11) is -1.62. The van der Waals surface area contributed by atoms with Crippen LogP contribution in [0.15, 0.2) is 21.5 Å². The van der Waals surface area contributed by atoms with E-state index in [1.165, 1.54) is 0 Å². The van der Waals surface area contributed by atoms with Gasteiger partial charge in [-0.05, 0) is 65.9 Å². The van der Waals surface area contributed by atoms with Gasteiger partial charge in [0, 0.05) is 17.1 Å². The topological polar surface area (TPSA) is 58.2 Å². The van der Waals surface area contributed by atoms with Crippen LogP contribution in [0.2, 0.25) is 0 Å². The van der Waals surface area contributed by atoms with Gasteiger partial charge < -0.3 is 5.32 Å². The quantitative estimate of drug-likeness (QED) is 0.848. The highest BCUT2D eigenvalue weighted by atomic mass is 79.9. The lowest BCUT2D eigenvalue weighted by molar-refractivity contribution is 0.270. The van der Waals surface area contributed by atoms with Crippen LogP contribution in [0.25, 0.3) is 0 Å². The lowest BCUT2D eigenvalue weighted by Gasteiger charge is -2.33. The summed E-state index contributed by atoms with van der Waals surface area (Å²) in [5.74, 6) is 0.614. The van der Waals surface area contributed by atoms with Crippen LogP contribution in [0, 0.1) is 12.8 Å². The van der Waals surface area contributed by atoms with Crippen molar-refractivity contribution in [3.63, 3.8) is 0 Å². The molecule has 1 saturated carbocycles. The zero-order valence-electron chi connectivity index (χ0n) is 12.0. The maximum Gasteiger partial charge on any atom is 0.241 e. The summed E-state index contributed by atoms with van der Waals surface area (Å²) < 4.78 is 28.5. The molecule has 0 unspecified atom stereocenters. The summed E-state index contributed by atoms with van der Waals surface area (Å²) in [5, 5.41) is 3.05. The molecule has 1 aromatic carbocycles. The number of sulfonamides is 1. The molecule has 0 spiro atoms. The summed E-state index contributed by atoms with van der Waals surface area (Å²) in [6.45, 7) is 4.70. The molecule has 0 heterocycles. The van der Waals surface area contributed by atoms with Crippen LogP contribution in [-0.2, 0) is 16.6 Å². The summed E-state index contributed by atoms with van der Waals surface area (Å²) in [4.78, 5) is 0.335. The number of aryl methyl sites for hydroxylation is 1. The van der Waals surface area contributed by atoms with E-state index in [-0.39, 0.29) is 6.04 Å². The van der Waals surface area contributed by atoms with Crippen molar-refractivity contribution in [3.05, 3.63) is 27.7 Å². The fraction of sp³-hybridized carbons (Fsp3) is 0.571. The van der Waals surface area contributed by atoms with Gasteiger partial charge in [0.05, 0.1) is 4.90 Å². The summed E-state index contributed by atoms with van der Waals surface area (Å²) >= 11 is 3.40. The van der Waals surface area contributed by atoms with Gasteiger partial charge in [-0.1, -0.05) is 13.0 Å². The minimum atomic E-state index is -3.46. The molecule has 2 N–H and O–H groups in total. The van der Waals surface area contributed by atoms with Gasteiger partial charge in [0.1, 0.15) is 0 Å². The molecule has 1 aliphatic rings. The van der Waals surface area contributed by atoms with Crippen molar-refractivity contribution >= 4 is 26.0 Å². The molecule has 1 aromatic rings. The fourth-order valence-corrected chi connectivity index (χ4v) is 4.92. The smallest absolute Gasteiger partial charge is 0.241 e. The van der Waals surface area contributed by atoms with E-state index >= 15 is 0 Å². The SMILES string of the molecule is CNCc1cc(C)c(Br)c(S(=O)(=O)NC2CC(C)C2)c1. The molecule has 0 aliphatic heterocycles. The molecule has 6 heteroatoms. The predicted molar refractivity (Wildman–Crippen MR) is 84.2 cm³/mol. The maximum atomic E-state index is 12.5. The fourth-order valence-electron chi connectivity index (χ4n) is 2.59. The van der Waals surface area contributed by atoms with Crippen LogP contribution in [0.4, 0.5) is 0 Å².